The average Bonchev–Trinajstić information content (AvgIpc) is 4.24. The van der Waals surface area contributed by atoms with Crippen LogP contribution in [0.4, 0.5) is 55.4 Å². The number of nitrogens with two attached hydrogens (primary N) is 1. The third kappa shape index (κ3) is 17.7. The maximum atomic E-state index is 12.6. The highest BCUT2D eigenvalue weighted by molar-refractivity contribution is 9.08. The molecular formula is C41H33BrClF6N19O2S2. The molecule has 31 heteroatoms. The van der Waals surface area contributed by atoms with Gasteiger partial charge >= 0.3 is 24.1 Å². The lowest BCUT2D eigenvalue weighted by Gasteiger charge is -2.21. The first-order valence-electron chi connectivity index (χ1n) is 19.3. The van der Waals surface area contributed by atoms with E-state index in [1.807, 2.05) is 4.90 Å². The van der Waals surface area contributed by atoms with Crippen LogP contribution in [0.2, 0.25) is 5.15 Å². The van der Waals surface area contributed by atoms with Crippen LogP contribution in [0.5, 0.6) is 0 Å². The summed E-state index contributed by atoms with van der Waals surface area (Å²) in [6.45, 7) is 0.365. The normalized spacial score (nSPS) is 10.6. The van der Waals surface area contributed by atoms with Crippen molar-refractivity contribution in [3.8, 4) is 21.4 Å². The lowest BCUT2D eigenvalue weighted by atomic mass is 10.3. The SMILES string of the molecule is C.Clc1cnccn1.FC(F)(F)c1nc(-c2ccc(CBr)s2)no1.FC(F)(F)c1nc(-c2ccc(CN(c3ccncn3)c3cnccn3)s2)no1.Nc1ccncn1.c1cc(Nc2cnccn2)ncn1. The minimum atomic E-state index is -4.68. The van der Waals surface area contributed by atoms with E-state index in [0.717, 1.165) is 9.75 Å². The molecule has 0 unspecified atom stereocenters. The Morgan fingerprint density at radius 1 is 0.569 bits per heavy atom. The van der Waals surface area contributed by atoms with Crippen LogP contribution in [0.1, 0.15) is 29.0 Å². The van der Waals surface area contributed by atoms with Crippen molar-refractivity contribution in [2.24, 2.45) is 0 Å². The maximum absolute atomic E-state index is 12.6. The Balaban J connectivity index is 0.000000185. The maximum Gasteiger partial charge on any atom is 0.471 e. The molecule has 0 saturated heterocycles. The molecule has 10 aromatic heterocycles. The predicted octanol–water partition coefficient (Wildman–Crippen LogP) is 10.3. The Bertz CT molecular complexity index is 2950. The summed E-state index contributed by atoms with van der Waals surface area (Å²) in [7, 11) is 0. The van der Waals surface area contributed by atoms with Crippen LogP contribution in [-0.4, -0.2) is 80.1 Å². The molecule has 0 atom stereocenters. The van der Waals surface area contributed by atoms with Gasteiger partial charge in [-0.15, -0.1) is 22.7 Å². The minimum absolute atomic E-state index is 0. The number of hydrogen-bond acceptors (Lipinski definition) is 23. The molecule has 0 bridgehead atoms. The Hall–Kier alpha value is -8.09. The largest absolute Gasteiger partial charge is 0.471 e. The summed E-state index contributed by atoms with van der Waals surface area (Å²) >= 11 is 11.2. The van der Waals surface area contributed by atoms with Crippen molar-refractivity contribution in [1.29, 1.82) is 0 Å². The van der Waals surface area contributed by atoms with Gasteiger partial charge in [-0.1, -0.05) is 45.3 Å². The van der Waals surface area contributed by atoms with Gasteiger partial charge in [0.1, 0.15) is 47.4 Å². The summed E-state index contributed by atoms with van der Waals surface area (Å²) < 4.78 is 82.9. The number of rotatable bonds is 9. The first kappa shape index (κ1) is 54.8. The third-order valence-electron chi connectivity index (χ3n) is 7.75. The molecule has 3 N–H and O–H groups in total. The van der Waals surface area contributed by atoms with E-state index in [1.54, 1.807) is 111 Å². The molecule has 0 aliphatic carbocycles. The number of aromatic nitrogens is 16. The van der Waals surface area contributed by atoms with Crippen molar-refractivity contribution in [2.75, 3.05) is 16.0 Å². The second-order valence-corrected chi connectivity index (χ2v) is 16.0. The zero-order valence-corrected chi connectivity index (χ0v) is 39.4. The van der Waals surface area contributed by atoms with Gasteiger partial charge in [0.15, 0.2) is 5.82 Å². The highest BCUT2D eigenvalue weighted by Crippen LogP contribution is 2.34. The van der Waals surface area contributed by atoms with Crippen LogP contribution in [0.25, 0.3) is 21.4 Å². The van der Waals surface area contributed by atoms with Gasteiger partial charge in [-0.3, -0.25) is 15.0 Å². The van der Waals surface area contributed by atoms with E-state index in [2.05, 4.69) is 110 Å². The quantitative estimate of drug-likeness (QED) is 0.100. The topological polar surface area (TPSA) is 274 Å². The number of nitrogen functional groups attached to an aromatic ring is 1. The molecule has 0 aliphatic rings. The number of hydrogen-bond donors (Lipinski definition) is 2. The molecule has 72 heavy (non-hydrogen) atoms. The van der Waals surface area contributed by atoms with E-state index in [0.29, 0.717) is 55.9 Å². The van der Waals surface area contributed by atoms with Gasteiger partial charge in [0, 0.05) is 70.9 Å². The van der Waals surface area contributed by atoms with Gasteiger partial charge < -0.3 is 25.0 Å². The van der Waals surface area contributed by atoms with Crippen LogP contribution in [0, 0.1) is 0 Å². The van der Waals surface area contributed by atoms with Crippen molar-refractivity contribution in [1.82, 2.24) is 80.1 Å². The molecule has 0 saturated carbocycles. The zero-order chi connectivity index (χ0) is 50.5. The Morgan fingerprint density at radius 3 is 1.54 bits per heavy atom. The van der Waals surface area contributed by atoms with Gasteiger partial charge in [-0.2, -0.15) is 36.3 Å². The molecule has 372 valence electrons. The van der Waals surface area contributed by atoms with Crippen LogP contribution in [0.15, 0.2) is 145 Å². The van der Waals surface area contributed by atoms with Crippen LogP contribution >= 0.6 is 50.2 Å². The molecule has 21 nitrogen and oxygen atoms in total. The summed E-state index contributed by atoms with van der Waals surface area (Å²) in [5, 5.41) is 10.8. The smallest absolute Gasteiger partial charge is 0.384 e. The van der Waals surface area contributed by atoms with Crippen LogP contribution in [0.3, 0.4) is 0 Å². The summed E-state index contributed by atoms with van der Waals surface area (Å²) in [4.78, 5) is 58.2. The second kappa shape index (κ2) is 27.3. The Kier molecular flexibility index (Phi) is 20.8. The molecule has 0 amide bonds. The molecule has 0 aliphatic heterocycles. The van der Waals surface area contributed by atoms with Crippen molar-refractivity contribution >= 4 is 79.3 Å². The standard InChI is InChI=1S/C16H10F3N7OS.C8H4BrF3N2OS.C8H7N5.C4H3ClN2.C4H5N3.CH4/c17-16(18,19)15-24-14(25-27-15)11-2-1-10(28-11)8-26(12-3-4-21-9-23-12)13-7-20-5-6-22-13;9-3-4-1-2-5(16-4)6-13-7(15-14-6)8(10,11)12;1-2-10-6-12-7(1)13-8-5-9-3-4-11-8;5-4-3-6-1-2-7-4;5-4-1-2-6-3-7-4;/h1-7,9H,8H2;1-2H,3H2;1-6H,(H,10,11,12,13);1-3H;1-3H,(H2,5,6,7);1H4. The van der Waals surface area contributed by atoms with Crippen molar-refractivity contribution < 1.29 is 35.4 Å². The predicted molar refractivity (Wildman–Crippen MR) is 255 cm³/mol. The lowest BCUT2D eigenvalue weighted by Crippen LogP contribution is -2.18. The fourth-order valence-electron chi connectivity index (χ4n) is 4.78. The molecule has 10 heterocycles. The summed E-state index contributed by atoms with van der Waals surface area (Å²) in [6.07, 6.45) is 14.0. The van der Waals surface area contributed by atoms with E-state index in [9.17, 15) is 26.3 Å². The van der Waals surface area contributed by atoms with Gasteiger partial charge in [-0.25, -0.2) is 44.9 Å². The number of nitrogens with zero attached hydrogens (tertiary/aromatic N) is 17. The van der Waals surface area contributed by atoms with E-state index in [1.165, 1.54) is 47.9 Å². The summed E-state index contributed by atoms with van der Waals surface area (Å²) in [5.74, 6) is 0.197. The zero-order valence-electron chi connectivity index (χ0n) is 35.5. The van der Waals surface area contributed by atoms with Crippen LogP contribution in [-0.2, 0) is 24.2 Å². The van der Waals surface area contributed by atoms with Crippen molar-refractivity contribution in [2.45, 2.75) is 31.7 Å². The second-order valence-electron chi connectivity index (χ2n) is 12.7. The van der Waals surface area contributed by atoms with E-state index in [-0.39, 0.29) is 19.1 Å². The van der Waals surface area contributed by atoms with Crippen molar-refractivity contribution in [3.63, 3.8) is 0 Å². The third-order valence-corrected chi connectivity index (χ3v) is 11.1. The number of anilines is 5. The molecule has 0 fully saturated rings. The lowest BCUT2D eigenvalue weighted by molar-refractivity contribution is -0.160. The molecular weight excluding hydrogens is 1080 g/mol. The van der Waals surface area contributed by atoms with Gasteiger partial charge in [0.25, 0.3) is 0 Å². The first-order chi connectivity index (χ1) is 34.2. The van der Waals surface area contributed by atoms with E-state index >= 15 is 0 Å². The first-order valence-corrected chi connectivity index (χ1v) is 22.5. The molecule has 10 aromatic rings. The fourth-order valence-corrected chi connectivity index (χ4v) is 7.13. The highest BCUT2D eigenvalue weighted by atomic mass is 79.9. The van der Waals surface area contributed by atoms with E-state index in [4.69, 9.17) is 17.3 Å². The van der Waals surface area contributed by atoms with Gasteiger partial charge in [0.05, 0.1) is 34.9 Å². The summed E-state index contributed by atoms with van der Waals surface area (Å²) in [5.41, 5.74) is 5.21. The fraction of sp³-hybridized carbons (Fsp3) is 0.122. The van der Waals surface area contributed by atoms with E-state index < -0.39 is 24.1 Å². The highest BCUT2D eigenvalue weighted by Gasteiger charge is 2.39. The Morgan fingerprint density at radius 2 is 1.12 bits per heavy atom. The van der Waals surface area contributed by atoms with Gasteiger partial charge in [0.2, 0.25) is 11.6 Å². The monoisotopic (exact) mass is 1120 g/mol. The van der Waals surface area contributed by atoms with Crippen molar-refractivity contribution in [3.05, 3.63) is 162 Å². The number of halogens is 8. The van der Waals surface area contributed by atoms with Crippen LogP contribution < -0.4 is 16.0 Å². The number of alkyl halides is 7. The summed E-state index contributed by atoms with van der Waals surface area (Å²) in [6, 6.07) is 12.0. The Labute approximate surface area is 424 Å². The number of thiophene rings is 2. The molecule has 0 radical (unpaired) electrons. The number of nitrogens with one attached hydrogen (secondary N) is 1. The van der Waals surface area contributed by atoms with Gasteiger partial charge in [-0.05, 0) is 42.5 Å². The molecule has 0 aromatic carbocycles. The molecule has 10 rings (SSSR count). The average molecular weight is 1120 g/mol. The molecule has 0 spiro atoms. The minimum Gasteiger partial charge on any atom is -0.384 e.